The molecule has 0 bridgehead atoms. The normalized spacial score (nSPS) is 12.3. The molecule has 7 nitrogen and oxygen atoms in total. The van der Waals surface area contributed by atoms with E-state index in [1.54, 1.807) is 18.2 Å². The largest absolute Gasteiger partial charge is 0.350 e. The third-order valence-corrected chi connectivity index (χ3v) is 9.36. The van der Waals surface area contributed by atoms with Gasteiger partial charge in [-0.25, -0.2) is 8.42 Å². The number of halogens is 2. The molecule has 236 valence electrons. The maximum absolute atomic E-state index is 14.5. The van der Waals surface area contributed by atoms with E-state index in [1.807, 2.05) is 88.4 Å². The summed E-state index contributed by atoms with van der Waals surface area (Å²) in [6.45, 7) is 6.89. The van der Waals surface area contributed by atoms with E-state index in [4.69, 9.17) is 23.2 Å². The molecule has 1 atom stereocenters. The summed E-state index contributed by atoms with van der Waals surface area (Å²) in [6, 6.07) is 28.5. The van der Waals surface area contributed by atoms with Gasteiger partial charge in [-0.1, -0.05) is 102 Å². The average molecular weight is 667 g/mol. The van der Waals surface area contributed by atoms with Gasteiger partial charge in [0.25, 0.3) is 10.0 Å². The Balaban J connectivity index is 1.83. The first-order chi connectivity index (χ1) is 21.2. The monoisotopic (exact) mass is 665 g/mol. The van der Waals surface area contributed by atoms with Crippen LogP contribution in [0.2, 0.25) is 10.0 Å². The van der Waals surface area contributed by atoms with Crippen LogP contribution in [0.4, 0.5) is 5.69 Å². The third-order valence-electron chi connectivity index (χ3n) is 7.03. The molecule has 0 saturated heterocycles. The van der Waals surface area contributed by atoms with Gasteiger partial charge < -0.3 is 10.2 Å². The predicted molar refractivity (Wildman–Crippen MR) is 181 cm³/mol. The summed E-state index contributed by atoms with van der Waals surface area (Å²) in [5.74, 6) is -0.945. The minimum Gasteiger partial charge on any atom is -0.350 e. The van der Waals surface area contributed by atoms with E-state index in [-0.39, 0.29) is 39.5 Å². The van der Waals surface area contributed by atoms with Gasteiger partial charge in [0, 0.05) is 23.5 Å². The van der Waals surface area contributed by atoms with Gasteiger partial charge in [0.1, 0.15) is 12.6 Å². The Morgan fingerprint density at radius 1 is 0.822 bits per heavy atom. The maximum atomic E-state index is 14.5. The van der Waals surface area contributed by atoms with E-state index >= 15 is 0 Å². The number of nitrogens with one attached hydrogen (secondary N) is 1. The van der Waals surface area contributed by atoms with Crippen molar-refractivity contribution in [1.29, 1.82) is 0 Å². The van der Waals surface area contributed by atoms with E-state index in [9.17, 15) is 18.0 Å². The smallest absolute Gasteiger partial charge is 0.264 e. The molecule has 1 N–H and O–H groups in total. The molecular weight excluding hydrogens is 629 g/mol. The topological polar surface area (TPSA) is 86.8 Å². The standard InChI is InChI=1S/C35H37Cl2N3O4S/c1-25-15-18-29(19-16-25)45(43,44)40(31-22-28(36)17-20-30(31)37)24-33(41)39(23-27-13-9-6-10-14-27)32(34(42)38-35(2,3)4)21-26-11-7-5-8-12-26/h5-20,22,32H,21,23-24H2,1-4H3,(H,38,42)/t32-/m1/s1. The van der Waals surface area contributed by atoms with Crippen LogP contribution in [-0.4, -0.2) is 43.3 Å². The molecule has 0 aliphatic heterocycles. The highest BCUT2D eigenvalue weighted by atomic mass is 35.5. The van der Waals surface area contributed by atoms with Gasteiger partial charge in [0.15, 0.2) is 0 Å². The number of carbonyl (C=O) groups excluding carboxylic acids is 2. The average Bonchev–Trinajstić information content (AvgIpc) is 2.99. The zero-order valence-corrected chi connectivity index (χ0v) is 28.0. The van der Waals surface area contributed by atoms with Gasteiger partial charge in [-0.2, -0.15) is 0 Å². The van der Waals surface area contributed by atoms with Crippen LogP contribution in [-0.2, 0) is 32.6 Å². The molecule has 0 aliphatic carbocycles. The molecule has 45 heavy (non-hydrogen) atoms. The van der Waals surface area contributed by atoms with E-state index in [0.717, 1.165) is 21.0 Å². The lowest BCUT2D eigenvalue weighted by molar-refractivity contribution is -0.140. The molecule has 4 rings (SSSR count). The van der Waals surface area contributed by atoms with E-state index in [0.29, 0.717) is 0 Å². The number of sulfonamides is 1. The number of hydrogen-bond acceptors (Lipinski definition) is 4. The zero-order chi connectivity index (χ0) is 32.8. The number of amides is 2. The summed E-state index contributed by atoms with van der Waals surface area (Å²) in [5.41, 5.74) is 1.97. The predicted octanol–water partition coefficient (Wildman–Crippen LogP) is 7.05. The molecule has 0 unspecified atom stereocenters. The summed E-state index contributed by atoms with van der Waals surface area (Å²) in [4.78, 5) is 29.9. The van der Waals surface area contributed by atoms with Crippen molar-refractivity contribution in [2.24, 2.45) is 0 Å². The molecule has 10 heteroatoms. The summed E-state index contributed by atoms with van der Waals surface area (Å²) in [7, 11) is -4.30. The van der Waals surface area contributed by atoms with Crippen molar-refractivity contribution in [3.05, 3.63) is 130 Å². The van der Waals surface area contributed by atoms with Crippen molar-refractivity contribution in [2.45, 2.75) is 57.1 Å². The molecule has 0 heterocycles. The molecule has 0 fully saturated rings. The lowest BCUT2D eigenvalue weighted by atomic mass is 10.0. The van der Waals surface area contributed by atoms with Crippen LogP contribution in [0.25, 0.3) is 0 Å². The van der Waals surface area contributed by atoms with Crippen LogP contribution >= 0.6 is 23.2 Å². The van der Waals surface area contributed by atoms with Crippen LogP contribution in [0.3, 0.4) is 0 Å². The molecule has 0 spiro atoms. The SMILES string of the molecule is Cc1ccc(S(=O)(=O)N(CC(=O)N(Cc2ccccc2)[C@H](Cc2ccccc2)C(=O)NC(C)(C)C)c2cc(Cl)ccc2Cl)cc1. The number of carbonyl (C=O) groups is 2. The van der Waals surface area contributed by atoms with Crippen LogP contribution in [0.15, 0.2) is 108 Å². The second-order valence-electron chi connectivity index (χ2n) is 11.9. The van der Waals surface area contributed by atoms with Gasteiger partial charge >= 0.3 is 0 Å². The van der Waals surface area contributed by atoms with Crippen molar-refractivity contribution in [3.63, 3.8) is 0 Å². The van der Waals surface area contributed by atoms with Gasteiger partial charge in [-0.3, -0.25) is 13.9 Å². The first kappa shape index (κ1) is 34.0. The van der Waals surface area contributed by atoms with Crippen LogP contribution < -0.4 is 9.62 Å². The molecule has 0 saturated carbocycles. The van der Waals surface area contributed by atoms with E-state index in [2.05, 4.69) is 5.32 Å². The van der Waals surface area contributed by atoms with Crippen molar-refractivity contribution < 1.29 is 18.0 Å². The van der Waals surface area contributed by atoms with Gasteiger partial charge in [0.2, 0.25) is 11.8 Å². The minimum absolute atomic E-state index is 0.0159. The molecule has 0 aromatic heterocycles. The van der Waals surface area contributed by atoms with Crippen molar-refractivity contribution in [1.82, 2.24) is 10.2 Å². The summed E-state index contributed by atoms with van der Waals surface area (Å²) in [5, 5.41) is 3.37. The Labute approximate surface area is 275 Å². The summed E-state index contributed by atoms with van der Waals surface area (Å²) in [6.07, 6.45) is 0.212. The Bertz CT molecular complexity index is 1730. The quantitative estimate of drug-likeness (QED) is 0.186. The fraction of sp³-hybridized carbons (Fsp3) is 0.257. The Morgan fingerprint density at radius 2 is 1.40 bits per heavy atom. The van der Waals surface area contributed by atoms with Crippen LogP contribution in [0, 0.1) is 6.92 Å². The van der Waals surface area contributed by atoms with E-state index in [1.165, 1.54) is 29.2 Å². The molecule has 0 aliphatic rings. The van der Waals surface area contributed by atoms with Crippen molar-refractivity contribution >= 4 is 50.7 Å². The third kappa shape index (κ3) is 9.10. The number of anilines is 1. The fourth-order valence-electron chi connectivity index (χ4n) is 4.81. The highest BCUT2D eigenvalue weighted by Gasteiger charge is 2.36. The Morgan fingerprint density at radius 3 is 1.98 bits per heavy atom. The van der Waals surface area contributed by atoms with Gasteiger partial charge in [-0.05, 0) is 69.2 Å². The Kier molecular flexibility index (Phi) is 11.0. The second kappa shape index (κ2) is 14.5. The lowest BCUT2D eigenvalue weighted by Gasteiger charge is -2.35. The highest BCUT2D eigenvalue weighted by molar-refractivity contribution is 7.92. The number of benzene rings is 4. The molecular formula is C35H37Cl2N3O4S. The fourth-order valence-corrected chi connectivity index (χ4v) is 6.68. The van der Waals surface area contributed by atoms with Crippen molar-refractivity contribution in [3.8, 4) is 0 Å². The first-order valence-electron chi connectivity index (χ1n) is 14.5. The molecule has 2 amide bonds. The van der Waals surface area contributed by atoms with Gasteiger partial charge in [-0.15, -0.1) is 0 Å². The highest BCUT2D eigenvalue weighted by Crippen LogP contribution is 2.33. The molecule has 4 aromatic carbocycles. The number of nitrogens with zero attached hydrogens (tertiary/aromatic N) is 2. The number of aryl methyl sites for hydroxylation is 1. The molecule has 0 radical (unpaired) electrons. The number of hydrogen-bond donors (Lipinski definition) is 1. The lowest BCUT2D eigenvalue weighted by Crippen LogP contribution is -2.56. The molecule has 4 aromatic rings. The second-order valence-corrected chi connectivity index (χ2v) is 14.6. The number of rotatable bonds is 11. The van der Waals surface area contributed by atoms with E-state index < -0.39 is 34.1 Å². The van der Waals surface area contributed by atoms with Crippen molar-refractivity contribution in [2.75, 3.05) is 10.8 Å². The first-order valence-corrected chi connectivity index (χ1v) is 16.7. The summed E-state index contributed by atoms with van der Waals surface area (Å²) < 4.78 is 29.3. The minimum atomic E-state index is -4.30. The van der Waals surface area contributed by atoms with Crippen LogP contribution in [0.1, 0.15) is 37.5 Å². The Hall–Kier alpha value is -3.85. The van der Waals surface area contributed by atoms with Crippen LogP contribution in [0.5, 0.6) is 0 Å². The summed E-state index contributed by atoms with van der Waals surface area (Å²) >= 11 is 12.8. The van der Waals surface area contributed by atoms with Gasteiger partial charge in [0.05, 0.1) is 15.6 Å². The zero-order valence-electron chi connectivity index (χ0n) is 25.7. The maximum Gasteiger partial charge on any atom is 0.264 e.